The SMILES string of the molecule is O=C(O)C1=CNC(=S)NC1(O)C(F)(F)F. The second-order valence-corrected chi connectivity index (χ2v) is 3.08. The Bertz CT molecular complexity index is 354. The Morgan fingerprint density at radius 3 is 2.47 bits per heavy atom. The second-order valence-electron chi connectivity index (χ2n) is 2.67. The second kappa shape index (κ2) is 3.35. The summed E-state index contributed by atoms with van der Waals surface area (Å²) in [7, 11) is 0. The summed E-state index contributed by atoms with van der Waals surface area (Å²) in [4.78, 5) is 10.5. The first-order valence-corrected chi connectivity index (χ1v) is 3.91. The zero-order valence-corrected chi connectivity index (χ0v) is 7.74. The van der Waals surface area contributed by atoms with Crippen molar-refractivity contribution in [2.45, 2.75) is 11.9 Å². The average molecular weight is 242 g/mol. The number of nitrogens with one attached hydrogen (secondary N) is 2. The van der Waals surface area contributed by atoms with E-state index < -0.39 is 28.6 Å². The summed E-state index contributed by atoms with van der Waals surface area (Å²) in [5.41, 5.74) is -4.94. The summed E-state index contributed by atoms with van der Waals surface area (Å²) >= 11 is 4.34. The lowest BCUT2D eigenvalue weighted by Gasteiger charge is -2.35. The predicted octanol–water partition coefficient (Wildman–Crippen LogP) is -0.317. The number of hydrogen-bond donors (Lipinski definition) is 4. The van der Waals surface area contributed by atoms with Gasteiger partial charge in [-0.05, 0) is 12.2 Å². The summed E-state index contributed by atoms with van der Waals surface area (Å²) in [5.74, 6) is -1.91. The fraction of sp³-hybridized carbons (Fsp3) is 0.333. The molecule has 1 rings (SSSR count). The molecule has 1 aliphatic heterocycles. The Kier molecular flexibility index (Phi) is 2.62. The van der Waals surface area contributed by atoms with Crippen LogP contribution in [0.5, 0.6) is 0 Å². The topological polar surface area (TPSA) is 81.6 Å². The molecule has 15 heavy (non-hydrogen) atoms. The minimum atomic E-state index is -5.19. The van der Waals surface area contributed by atoms with E-state index in [1.807, 2.05) is 0 Å². The van der Waals surface area contributed by atoms with Gasteiger partial charge in [0.05, 0.1) is 0 Å². The lowest BCUT2D eigenvalue weighted by Crippen LogP contribution is -2.65. The number of thiocarbonyl (C=S) groups is 1. The molecule has 5 nitrogen and oxygen atoms in total. The Labute approximate surface area is 86.6 Å². The summed E-state index contributed by atoms with van der Waals surface area (Å²) in [6, 6.07) is 0. The van der Waals surface area contributed by atoms with E-state index >= 15 is 0 Å². The van der Waals surface area contributed by atoms with Gasteiger partial charge < -0.3 is 20.8 Å². The predicted molar refractivity (Wildman–Crippen MR) is 45.6 cm³/mol. The number of carbonyl (C=O) groups is 1. The van der Waals surface area contributed by atoms with Crippen LogP contribution >= 0.6 is 12.2 Å². The van der Waals surface area contributed by atoms with E-state index in [1.54, 1.807) is 0 Å². The minimum absolute atomic E-state index is 0.495. The quantitative estimate of drug-likeness (QED) is 0.472. The van der Waals surface area contributed by atoms with Crippen LogP contribution in [0.25, 0.3) is 0 Å². The van der Waals surface area contributed by atoms with Gasteiger partial charge in [0.2, 0.25) is 0 Å². The largest absolute Gasteiger partial charge is 0.478 e. The number of carboxylic acids is 1. The van der Waals surface area contributed by atoms with Gasteiger partial charge in [-0.2, -0.15) is 13.2 Å². The molecule has 0 saturated carbocycles. The number of alkyl halides is 3. The molecule has 84 valence electrons. The van der Waals surface area contributed by atoms with Crippen LogP contribution in [0.15, 0.2) is 11.8 Å². The highest BCUT2D eigenvalue weighted by atomic mass is 32.1. The number of aliphatic carboxylic acids is 1. The molecule has 0 aromatic carbocycles. The smallest absolute Gasteiger partial charge is 0.441 e. The molecule has 0 aromatic heterocycles. The molecular formula is C6H5F3N2O3S. The fourth-order valence-electron chi connectivity index (χ4n) is 0.950. The highest BCUT2D eigenvalue weighted by Gasteiger charge is 2.60. The molecule has 0 aliphatic carbocycles. The van der Waals surface area contributed by atoms with Gasteiger partial charge in [0.15, 0.2) is 5.11 Å². The van der Waals surface area contributed by atoms with Crippen LogP contribution < -0.4 is 10.6 Å². The molecule has 1 unspecified atom stereocenters. The van der Waals surface area contributed by atoms with Crippen molar-refractivity contribution in [2.75, 3.05) is 0 Å². The molecule has 0 bridgehead atoms. The first kappa shape index (κ1) is 11.7. The van der Waals surface area contributed by atoms with Crippen molar-refractivity contribution in [3.05, 3.63) is 11.8 Å². The van der Waals surface area contributed by atoms with Crippen molar-refractivity contribution in [2.24, 2.45) is 0 Å². The summed E-state index contributed by atoms with van der Waals surface area (Å²) in [6.45, 7) is 0. The molecule has 0 saturated heterocycles. The standard InChI is InChI=1S/C6H5F3N2O3S/c7-6(8,9)5(14)2(3(12)13)1-10-4(15)11-5/h1,14H,(H,12,13)(H2,10,11,15). The monoisotopic (exact) mass is 242 g/mol. The third-order valence-corrected chi connectivity index (χ3v) is 1.89. The Morgan fingerprint density at radius 1 is 1.53 bits per heavy atom. The Hall–Kier alpha value is -1.35. The van der Waals surface area contributed by atoms with E-state index in [-0.39, 0.29) is 0 Å². The summed E-state index contributed by atoms with van der Waals surface area (Å²) in [6.07, 6.45) is -4.70. The van der Waals surface area contributed by atoms with Gasteiger partial charge in [-0.15, -0.1) is 0 Å². The molecular weight excluding hydrogens is 237 g/mol. The highest BCUT2D eigenvalue weighted by Crippen LogP contribution is 2.35. The Morgan fingerprint density at radius 2 is 2.07 bits per heavy atom. The van der Waals surface area contributed by atoms with E-state index in [2.05, 4.69) is 17.5 Å². The summed E-state index contributed by atoms with van der Waals surface area (Å²) in [5, 5.41) is 20.7. The van der Waals surface area contributed by atoms with Crippen LogP contribution in [0.1, 0.15) is 0 Å². The van der Waals surface area contributed by atoms with Gasteiger partial charge >= 0.3 is 12.1 Å². The molecule has 1 aliphatic rings. The lowest BCUT2D eigenvalue weighted by atomic mass is 10.0. The first-order chi connectivity index (χ1) is 6.68. The van der Waals surface area contributed by atoms with Gasteiger partial charge in [0.1, 0.15) is 5.57 Å². The number of carboxylic acid groups (broad SMARTS) is 1. The number of aliphatic hydroxyl groups is 1. The van der Waals surface area contributed by atoms with Gasteiger partial charge in [-0.1, -0.05) is 0 Å². The molecule has 1 atom stereocenters. The number of hydrogen-bond acceptors (Lipinski definition) is 3. The van der Waals surface area contributed by atoms with E-state index in [0.717, 1.165) is 0 Å². The zero-order valence-electron chi connectivity index (χ0n) is 6.92. The third-order valence-electron chi connectivity index (χ3n) is 1.67. The van der Waals surface area contributed by atoms with Crippen LogP contribution in [0.2, 0.25) is 0 Å². The minimum Gasteiger partial charge on any atom is -0.478 e. The fourth-order valence-corrected chi connectivity index (χ4v) is 1.16. The maximum absolute atomic E-state index is 12.4. The van der Waals surface area contributed by atoms with E-state index in [9.17, 15) is 23.1 Å². The van der Waals surface area contributed by atoms with Crippen molar-refractivity contribution in [1.82, 2.24) is 10.6 Å². The van der Waals surface area contributed by atoms with Gasteiger partial charge in [0.25, 0.3) is 5.72 Å². The summed E-state index contributed by atoms with van der Waals surface area (Å²) < 4.78 is 37.2. The number of rotatable bonds is 1. The average Bonchev–Trinajstić information content (AvgIpc) is 2.00. The van der Waals surface area contributed by atoms with Crippen LogP contribution in [0, 0.1) is 0 Å². The molecule has 1 heterocycles. The van der Waals surface area contributed by atoms with Crippen LogP contribution in [0.3, 0.4) is 0 Å². The number of halogens is 3. The van der Waals surface area contributed by atoms with E-state index in [1.165, 1.54) is 5.32 Å². The molecule has 0 radical (unpaired) electrons. The normalized spacial score (nSPS) is 26.4. The molecule has 0 aromatic rings. The van der Waals surface area contributed by atoms with Crippen LogP contribution in [-0.2, 0) is 4.79 Å². The highest BCUT2D eigenvalue weighted by molar-refractivity contribution is 7.80. The maximum Gasteiger partial charge on any atom is 0.441 e. The van der Waals surface area contributed by atoms with E-state index in [4.69, 9.17) is 5.11 Å². The zero-order chi connectivity index (χ0) is 11.9. The molecule has 0 spiro atoms. The van der Waals surface area contributed by atoms with Crippen molar-refractivity contribution < 1.29 is 28.2 Å². The molecule has 9 heteroatoms. The van der Waals surface area contributed by atoms with Crippen LogP contribution in [-0.4, -0.2) is 33.2 Å². The van der Waals surface area contributed by atoms with E-state index in [0.29, 0.717) is 6.20 Å². The van der Waals surface area contributed by atoms with Crippen molar-refractivity contribution in [3.63, 3.8) is 0 Å². The lowest BCUT2D eigenvalue weighted by molar-refractivity contribution is -0.252. The van der Waals surface area contributed by atoms with Crippen molar-refractivity contribution in [1.29, 1.82) is 0 Å². The van der Waals surface area contributed by atoms with Crippen molar-refractivity contribution in [3.8, 4) is 0 Å². The Balaban J connectivity index is 3.24. The molecule has 4 N–H and O–H groups in total. The van der Waals surface area contributed by atoms with Gasteiger partial charge in [-0.25, -0.2) is 4.79 Å². The molecule has 0 fully saturated rings. The van der Waals surface area contributed by atoms with Gasteiger partial charge in [0, 0.05) is 6.20 Å². The third kappa shape index (κ3) is 1.88. The maximum atomic E-state index is 12.4. The first-order valence-electron chi connectivity index (χ1n) is 3.50. The van der Waals surface area contributed by atoms with Crippen LogP contribution in [0.4, 0.5) is 13.2 Å². The molecule has 0 amide bonds. The van der Waals surface area contributed by atoms with Gasteiger partial charge in [-0.3, -0.25) is 0 Å². The van der Waals surface area contributed by atoms with Crippen molar-refractivity contribution >= 4 is 23.3 Å².